The number of carboxylic acid groups (broad SMARTS) is 1. The third-order valence-electron chi connectivity index (χ3n) is 3.04. The third-order valence-corrected chi connectivity index (χ3v) is 4.89. The second-order valence-electron chi connectivity index (χ2n) is 4.92. The molecule has 10 heteroatoms. The largest absolute Gasteiger partial charge is 0.481 e. The van der Waals surface area contributed by atoms with Gasteiger partial charge in [-0.25, -0.2) is 18.5 Å². The molecule has 2 rings (SSSR count). The lowest BCUT2D eigenvalue weighted by molar-refractivity contribution is -0.137. The molecule has 116 valence electrons. The molecule has 21 heavy (non-hydrogen) atoms. The molecule has 1 aromatic rings. The first-order valence-electron chi connectivity index (χ1n) is 6.21. The van der Waals surface area contributed by atoms with Crippen LogP contribution in [0.25, 0.3) is 0 Å². The molecule has 0 bridgehead atoms. The number of rotatable bonds is 6. The van der Waals surface area contributed by atoms with Crippen LogP contribution in [0.1, 0.15) is 18.5 Å². The lowest BCUT2D eigenvalue weighted by Gasteiger charge is -2.12. The Balaban J connectivity index is 2.02. The number of carbonyl (C=O) groups is 2. The number of thiazole rings is 1. The highest BCUT2D eigenvalue weighted by Crippen LogP contribution is 2.28. The van der Waals surface area contributed by atoms with Gasteiger partial charge in [0.25, 0.3) is 0 Å². The van der Waals surface area contributed by atoms with E-state index in [4.69, 9.17) is 10.2 Å². The topological polar surface area (TPSA) is 131 Å². The molecule has 1 unspecified atom stereocenters. The van der Waals surface area contributed by atoms with Crippen molar-refractivity contribution in [2.75, 3.05) is 17.2 Å². The van der Waals surface area contributed by atoms with Crippen LogP contribution >= 0.6 is 11.3 Å². The Morgan fingerprint density at radius 3 is 2.90 bits per heavy atom. The van der Waals surface area contributed by atoms with Gasteiger partial charge in [0.05, 0.1) is 17.9 Å². The van der Waals surface area contributed by atoms with Gasteiger partial charge in [0.1, 0.15) is 0 Å². The first kappa shape index (κ1) is 15.9. The van der Waals surface area contributed by atoms with Crippen LogP contribution in [0.2, 0.25) is 0 Å². The molecule has 1 fully saturated rings. The number of hydrogen-bond acceptors (Lipinski definition) is 6. The molecule has 2 heterocycles. The highest BCUT2D eigenvalue weighted by atomic mass is 32.2. The zero-order valence-electron chi connectivity index (χ0n) is 11.1. The van der Waals surface area contributed by atoms with Crippen molar-refractivity contribution < 1.29 is 23.1 Å². The maximum absolute atomic E-state index is 11.9. The summed E-state index contributed by atoms with van der Waals surface area (Å²) in [6.45, 7) is 0.265. The average molecular weight is 333 g/mol. The van der Waals surface area contributed by atoms with Crippen LogP contribution in [0.5, 0.6) is 0 Å². The summed E-state index contributed by atoms with van der Waals surface area (Å²) in [5, 5.41) is 15.8. The molecule has 3 N–H and O–H groups in total. The van der Waals surface area contributed by atoms with Crippen molar-refractivity contribution in [2.24, 2.45) is 11.1 Å². The van der Waals surface area contributed by atoms with Gasteiger partial charge in [0.15, 0.2) is 5.13 Å². The number of primary sulfonamides is 1. The Morgan fingerprint density at radius 1 is 1.57 bits per heavy atom. The number of anilines is 1. The van der Waals surface area contributed by atoms with E-state index in [2.05, 4.69) is 4.98 Å². The van der Waals surface area contributed by atoms with Crippen molar-refractivity contribution in [1.82, 2.24) is 4.98 Å². The summed E-state index contributed by atoms with van der Waals surface area (Å²) in [5.41, 5.74) is 0.611. The Hall–Kier alpha value is -1.52. The lowest BCUT2D eigenvalue weighted by atomic mass is 10.1. The summed E-state index contributed by atoms with van der Waals surface area (Å²) in [7, 11) is -3.61. The number of aromatic nitrogens is 1. The van der Waals surface area contributed by atoms with Crippen molar-refractivity contribution in [2.45, 2.75) is 19.3 Å². The summed E-state index contributed by atoms with van der Waals surface area (Å²) in [6.07, 6.45) is 0.403. The predicted octanol–water partition coefficient (Wildman–Crippen LogP) is -0.198. The zero-order valence-corrected chi connectivity index (χ0v) is 12.7. The number of carbonyl (C=O) groups excluding carboxylic acids is 1. The average Bonchev–Trinajstić information content (AvgIpc) is 2.91. The molecular weight excluding hydrogens is 318 g/mol. The summed E-state index contributed by atoms with van der Waals surface area (Å²) < 4.78 is 22.1. The second-order valence-corrected chi connectivity index (χ2v) is 7.41. The van der Waals surface area contributed by atoms with Crippen LogP contribution in [0.3, 0.4) is 0 Å². The molecule has 1 saturated heterocycles. The minimum atomic E-state index is -3.61. The fourth-order valence-corrected chi connectivity index (χ4v) is 3.94. The van der Waals surface area contributed by atoms with E-state index < -0.39 is 16.0 Å². The summed E-state index contributed by atoms with van der Waals surface area (Å²) in [5.74, 6) is -1.66. The van der Waals surface area contributed by atoms with Crippen LogP contribution in [-0.2, 0) is 26.0 Å². The van der Waals surface area contributed by atoms with E-state index in [1.165, 1.54) is 16.2 Å². The van der Waals surface area contributed by atoms with E-state index in [0.717, 1.165) is 0 Å². The number of nitrogens with zero attached hydrogens (tertiary/aromatic N) is 2. The first-order valence-corrected chi connectivity index (χ1v) is 8.81. The van der Waals surface area contributed by atoms with Crippen LogP contribution in [-0.4, -0.2) is 42.7 Å². The standard InChI is InChI=1S/C11H15N3O5S2/c12-21(18,19)6-7-3-9(15)14(4-7)11-13-8(5-20-11)1-2-10(16)17/h5,7H,1-4,6H2,(H,16,17)(H2,12,18,19). The SMILES string of the molecule is NS(=O)(=O)CC1CC(=O)N(c2nc(CCC(=O)O)cs2)C1. The molecule has 1 aliphatic rings. The van der Waals surface area contributed by atoms with Gasteiger partial charge in [0, 0.05) is 30.7 Å². The fourth-order valence-electron chi connectivity index (χ4n) is 2.18. The summed E-state index contributed by atoms with van der Waals surface area (Å²) in [6, 6.07) is 0. The zero-order chi connectivity index (χ0) is 15.6. The minimum absolute atomic E-state index is 0.0227. The Morgan fingerprint density at radius 2 is 2.29 bits per heavy atom. The molecule has 1 aliphatic heterocycles. The quantitative estimate of drug-likeness (QED) is 0.741. The molecular formula is C11H15N3O5S2. The van der Waals surface area contributed by atoms with Gasteiger partial charge < -0.3 is 5.11 Å². The van der Waals surface area contributed by atoms with Gasteiger partial charge in [-0.3, -0.25) is 14.5 Å². The number of aryl methyl sites for hydroxylation is 1. The van der Waals surface area contributed by atoms with Gasteiger partial charge in [-0.05, 0) is 0 Å². The van der Waals surface area contributed by atoms with E-state index in [9.17, 15) is 18.0 Å². The highest BCUT2D eigenvalue weighted by Gasteiger charge is 2.34. The van der Waals surface area contributed by atoms with Gasteiger partial charge in [-0.1, -0.05) is 0 Å². The predicted molar refractivity (Wildman–Crippen MR) is 76.5 cm³/mol. The van der Waals surface area contributed by atoms with Gasteiger partial charge in [-0.15, -0.1) is 11.3 Å². The maximum atomic E-state index is 11.9. The monoisotopic (exact) mass is 333 g/mol. The van der Waals surface area contributed by atoms with Crippen LogP contribution in [0.15, 0.2) is 5.38 Å². The molecule has 1 amide bonds. The van der Waals surface area contributed by atoms with E-state index in [1.807, 2.05) is 0 Å². The maximum Gasteiger partial charge on any atom is 0.303 e. The van der Waals surface area contributed by atoms with Gasteiger partial charge in [0.2, 0.25) is 15.9 Å². The van der Waals surface area contributed by atoms with Crippen molar-refractivity contribution in [3.05, 3.63) is 11.1 Å². The molecule has 1 aromatic heterocycles. The molecule has 1 atom stereocenters. The number of aliphatic carboxylic acids is 1. The molecule has 0 saturated carbocycles. The number of hydrogen-bond donors (Lipinski definition) is 2. The summed E-state index contributed by atoms with van der Waals surface area (Å²) >= 11 is 1.24. The van der Waals surface area contributed by atoms with E-state index in [-0.39, 0.29) is 37.0 Å². The number of amides is 1. The molecule has 0 aliphatic carbocycles. The third kappa shape index (κ3) is 4.48. The molecule has 0 radical (unpaired) electrons. The van der Waals surface area contributed by atoms with Crippen LogP contribution in [0, 0.1) is 5.92 Å². The smallest absolute Gasteiger partial charge is 0.303 e. The second kappa shape index (κ2) is 6.08. The Bertz CT molecular complexity index is 655. The summed E-state index contributed by atoms with van der Waals surface area (Å²) in [4.78, 5) is 28.1. The van der Waals surface area contributed by atoms with E-state index in [1.54, 1.807) is 5.38 Å². The van der Waals surface area contributed by atoms with Crippen molar-refractivity contribution in [1.29, 1.82) is 0 Å². The van der Waals surface area contributed by atoms with Crippen molar-refractivity contribution >= 4 is 38.4 Å². The Labute approximate surface area is 125 Å². The van der Waals surface area contributed by atoms with E-state index >= 15 is 0 Å². The van der Waals surface area contributed by atoms with Crippen LogP contribution in [0.4, 0.5) is 5.13 Å². The lowest BCUT2D eigenvalue weighted by Crippen LogP contribution is -2.27. The molecule has 0 spiro atoms. The van der Waals surface area contributed by atoms with Gasteiger partial charge in [-0.2, -0.15) is 0 Å². The molecule has 0 aromatic carbocycles. The normalized spacial score (nSPS) is 19.2. The van der Waals surface area contributed by atoms with Gasteiger partial charge >= 0.3 is 5.97 Å². The van der Waals surface area contributed by atoms with Crippen LogP contribution < -0.4 is 10.0 Å². The minimum Gasteiger partial charge on any atom is -0.481 e. The van der Waals surface area contributed by atoms with Crippen molar-refractivity contribution in [3.8, 4) is 0 Å². The number of nitrogens with two attached hydrogens (primary N) is 1. The first-order chi connectivity index (χ1) is 9.74. The fraction of sp³-hybridized carbons (Fsp3) is 0.545. The molecule has 8 nitrogen and oxygen atoms in total. The van der Waals surface area contributed by atoms with E-state index in [0.29, 0.717) is 17.2 Å². The number of sulfonamides is 1. The Kier molecular flexibility index (Phi) is 4.59. The number of carboxylic acids is 1. The highest BCUT2D eigenvalue weighted by molar-refractivity contribution is 7.89. The van der Waals surface area contributed by atoms with Crippen molar-refractivity contribution in [3.63, 3.8) is 0 Å².